The van der Waals surface area contributed by atoms with Crippen LogP contribution in [0.1, 0.15) is 30.1 Å². The van der Waals surface area contributed by atoms with Gasteiger partial charge in [0.2, 0.25) is 10.0 Å². The number of sulfonamides is 1. The van der Waals surface area contributed by atoms with Crippen molar-refractivity contribution in [1.82, 2.24) is 9.21 Å². The van der Waals surface area contributed by atoms with Gasteiger partial charge in [-0.05, 0) is 43.9 Å². The molecule has 26 heavy (non-hydrogen) atoms. The molecule has 144 valence electrons. The molecule has 1 aromatic rings. The Morgan fingerprint density at radius 3 is 2.46 bits per heavy atom. The predicted molar refractivity (Wildman–Crippen MR) is 98.3 cm³/mol. The number of hydrogen-bond acceptors (Lipinski definition) is 5. The number of piperidine rings is 1. The van der Waals surface area contributed by atoms with Gasteiger partial charge in [-0.15, -0.1) is 0 Å². The normalized spacial score (nSPS) is 21.5. The lowest BCUT2D eigenvalue weighted by Crippen LogP contribution is -2.42. The molecule has 2 heterocycles. The number of ether oxygens (including phenoxy) is 1. The van der Waals surface area contributed by atoms with Crippen LogP contribution in [0.5, 0.6) is 0 Å². The van der Waals surface area contributed by atoms with Crippen molar-refractivity contribution in [1.29, 1.82) is 0 Å². The van der Waals surface area contributed by atoms with Gasteiger partial charge in [0.05, 0.1) is 18.1 Å². The zero-order valence-corrected chi connectivity index (χ0v) is 16.0. The number of carbonyl (C=O) groups is 1. The van der Waals surface area contributed by atoms with Crippen molar-refractivity contribution in [2.75, 3.05) is 39.4 Å². The summed E-state index contributed by atoms with van der Waals surface area (Å²) in [6, 6.07) is 6.48. The van der Waals surface area contributed by atoms with Gasteiger partial charge in [0.25, 0.3) is 5.91 Å². The molecule has 0 saturated carbocycles. The minimum atomic E-state index is -3.60. The maximum absolute atomic E-state index is 12.8. The van der Waals surface area contributed by atoms with Crippen molar-refractivity contribution in [3.05, 3.63) is 29.8 Å². The van der Waals surface area contributed by atoms with Crippen LogP contribution in [0.2, 0.25) is 0 Å². The molecule has 1 unspecified atom stereocenters. The van der Waals surface area contributed by atoms with E-state index in [2.05, 4.69) is 0 Å². The number of nitrogens with two attached hydrogens (primary N) is 1. The Bertz CT molecular complexity index is 737. The van der Waals surface area contributed by atoms with Crippen molar-refractivity contribution < 1.29 is 17.9 Å². The summed E-state index contributed by atoms with van der Waals surface area (Å²) < 4.78 is 32.2. The number of likely N-dealkylation sites (tertiary alicyclic amines) is 1. The second-order valence-electron chi connectivity index (χ2n) is 7.03. The number of morpholine rings is 1. The topological polar surface area (TPSA) is 92.9 Å². The van der Waals surface area contributed by atoms with Gasteiger partial charge in [0.1, 0.15) is 0 Å². The van der Waals surface area contributed by atoms with Gasteiger partial charge in [-0.25, -0.2) is 8.42 Å². The van der Waals surface area contributed by atoms with Crippen LogP contribution in [0, 0.1) is 5.92 Å². The molecule has 0 aliphatic carbocycles. The summed E-state index contributed by atoms with van der Waals surface area (Å²) in [6.45, 7) is 4.79. The van der Waals surface area contributed by atoms with Crippen LogP contribution in [-0.4, -0.2) is 69.0 Å². The number of carbonyl (C=O) groups excluding carboxylic acids is 1. The molecule has 2 saturated heterocycles. The maximum Gasteiger partial charge on any atom is 0.253 e. The monoisotopic (exact) mass is 381 g/mol. The number of amides is 1. The molecular weight excluding hydrogens is 354 g/mol. The average molecular weight is 381 g/mol. The minimum absolute atomic E-state index is 0.118. The van der Waals surface area contributed by atoms with Gasteiger partial charge in [-0.2, -0.15) is 4.31 Å². The molecule has 0 bridgehead atoms. The van der Waals surface area contributed by atoms with E-state index >= 15 is 0 Å². The van der Waals surface area contributed by atoms with Gasteiger partial charge in [0, 0.05) is 37.8 Å². The molecular formula is C18H27N3O4S. The number of nitrogens with zero attached hydrogens (tertiary/aromatic N) is 2. The van der Waals surface area contributed by atoms with Crippen LogP contribution >= 0.6 is 0 Å². The average Bonchev–Trinajstić information content (AvgIpc) is 2.68. The van der Waals surface area contributed by atoms with E-state index in [4.69, 9.17) is 10.5 Å². The molecule has 2 N–H and O–H groups in total. The maximum atomic E-state index is 12.8. The van der Waals surface area contributed by atoms with Gasteiger partial charge >= 0.3 is 0 Å². The van der Waals surface area contributed by atoms with Gasteiger partial charge in [-0.3, -0.25) is 4.79 Å². The molecule has 0 aromatic heterocycles. The van der Waals surface area contributed by atoms with Gasteiger partial charge in [0.15, 0.2) is 0 Å². The van der Waals surface area contributed by atoms with Crippen LogP contribution in [0.25, 0.3) is 0 Å². The van der Waals surface area contributed by atoms with Crippen LogP contribution in [0.15, 0.2) is 29.2 Å². The zero-order valence-electron chi connectivity index (χ0n) is 15.1. The highest BCUT2D eigenvalue weighted by Crippen LogP contribution is 2.23. The predicted octanol–water partition coefficient (Wildman–Crippen LogP) is 0.907. The van der Waals surface area contributed by atoms with E-state index in [-0.39, 0.29) is 16.8 Å². The largest absolute Gasteiger partial charge is 0.379 e. The van der Waals surface area contributed by atoms with E-state index in [1.165, 1.54) is 10.4 Å². The zero-order chi connectivity index (χ0) is 18.7. The van der Waals surface area contributed by atoms with Gasteiger partial charge < -0.3 is 15.4 Å². The Balaban J connectivity index is 1.74. The van der Waals surface area contributed by atoms with Gasteiger partial charge in [-0.1, -0.05) is 6.07 Å². The van der Waals surface area contributed by atoms with Crippen molar-refractivity contribution in [2.45, 2.75) is 30.7 Å². The number of hydrogen-bond donors (Lipinski definition) is 1. The fourth-order valence-electron chi connectivity index (χ4n) is 3.54. The Hall–Kier alpha value is -1.48. The molecule has 7 nitrogen and oxygen atoms in total. The first kappa shape index (κ1) is 19.3. The lowest BCUT2D eigenvalue weighted by atomic mass is 9.90. The minimum Gasteiger partial charge on any atom is -0.379 e. The van der Waals surface area contributed by atoms with E-state index in [0.29, 0.717) is 50.9 Å². The Morgan fingerprint density at radius 2 is 1.85 bits per heavy atom. The molecule has 2 aliphatic rings. The van der Waals surface area contributed by atoms with Crippen molar-refractivity contribution >= 4 is 15.9 Å². The van der Waals surface area contributed by atoms with Crippen LogP contribution in [-0.2, 0) is 14.8 Å². The molecule has 2 aliphatic heterocycles. The molecule has 8 heteroatoms. The molecule has 3 rings (SSSR count). The highest BCUT2D eigenvalue weighted by atomic mass is 32.2. The summed E-state index contributed by atoms with van der Waals surface area (Å²) >= 11 is 0. The molecule has 1 aromatic carbocycles. The van der Waals surface area contributed by atoms with E-state index < -0.39 is 10.0 Å². The quantitative estimate of drug-likeness (QED) is 0.837. The van der Waals surface area contributed by atoms with Crippen molar-refractivity contribution in [3.63, 3.8) is 0 Å². The molecule has 2 fully saturated rings. The number of benzene rings is 1. The van der Waals surface area contributed by atoms with E-state index in [1.54, 1.807) is 23.1 Å². The molecule has 1 atom stereocenters. The second kappa shape index (κ2) is 8.04. The van der Waals surface area contributed by atoms with Crippen molar-refractivity contribution in [3.8, 4) is 0 Å². The van der Waals surface area contributed by atoms with Crippen LogP contribution < -0.4 is 5.73 Å². The molecule has 1 amide bonds. The first-order valence-electron chi connectivity index (χ1n) is 9.12. The fourth-order valence-corrected chi connectivity index (χ4v) is 4.99. The third-order valence-electron chi connectivity index (χ3n) is 5.26. The van der Waals surface area contributed by atoms with Crippen molar-refractivity contribution in [2.24, 2.45) is 11.7 Å². The lowest BCUT2D eigenvalue weighted by Gasteiger charge is -2.33. The SMILES string of the molecule is CC(N)C1CCN(C(=O)c2cccc(S(=O)(=O)N3CCOCC3)c2)CC1. The Kier molecular flexibility index (Phi) is 5.96. The Labute approximate surface area is 155 Å². The third kappa shape index (κ3) is 4.09. The summed E-state index contributed by atoms with van der Waals surface area (Å²) in [5.74, 6) is 0.319. The molecule has 0 radical (unpaired) electrons. The summed E-state index contributed by atoms with van der Waals surface area (Å²) in [4.78, 5) is 14.8. The smallest absolute Gasteiger partial charge is 0.253 e. The third-order valence-corrected chi connectivity index (χ3v) is 7.15. The molecule has 0 spiro atoms. The summed E-state index contributed by atoms with van der Waals surface area (Å²) in [5.41, 5.74) is 6.37. The van der Waals surface area contributed by atoms with Crippen LogP contribution in [0.3, 0.4) is 0 Å². The standard InChI is InChI=1S/C18H27N3O4S/c1-14(19)15-5-7-20(8-6-15)18(22)16-3-2-4-17(13-16)26(23,24)21-9-11-25-12-10-21/h2-4,13-15H,5-12,19H2,1H3. The highest BCUT2D eigenvalue weighted by Gasteiger charge is 2.29. The fraction of sp³-hybridized carbons (Fsp3) is 0.611. The van der Waals surface area contributed by atoms with Crippen LogP contribution in [0.4, 0.5) is 0 Å². The lowest BCUT2D eigenvalue weighted by molar-refractivity contribution is 0.0680. The van der Waals surface area contributed by atoms with E-state index in [9.17, 15) is 13.2 Å². The summed E-state index contributed by atoms with van der Waals surface area (Å²) in [7, 11) is -3.60. The highest BCUT2D eigenvalue weighted by molar-refractivity contribution is 7.89. The summed E-state index contributed by atoms with van der Waals surface area (Å²) in [5, 5.41) is 0. The first-order chi connectivity index (χ1) is 12.4. The number of rotatable bonds is 4. The second-order valence-corrected chi connectivity index (χ2v) is 8.97. The first-order valence-corrected chi connectivity index (χ1v) is 10.6. The van der Waals surface area contributed by atoms with E-state index in [1.807, 2.05) is 6.92 Å². The summed E-state index contributed by atoms with van der Waals surface area (Å²) in [6.07, 6.45) is 1.77. The Morgan fingerprint density at radius 1 is 1.19 bits per heavy atom. The van der Waals surface area contributed by atoms with E-state index in [0.717, 1.165) is 12.8 Å².